The number of carbonyl (C=O) groups excluding carboxylic acids is 1. The molecule has 138 valence electrons. The number of aryl methyl sites for hydroxylation is 2. The van der Waals surface area contributed by atoms with Gasteiger partial charge < -0.3 is 19.5 Å². The number of carboxylic acids is 1. The minimum absolute atomic E-state index is 0.126. The number of rotatable bonds is 8. The van der Waals surface area contributed by atoms with E-state index >= 15 is 0 Å². The van der Waals surface area contributed by atoms with Crippen LogP contribution in [0.3, 0.4) is 0 Å². The van der Waals surface area contributed by atoms with Crippen LogP contribution in [0.25, 0.3) is 0 Å². The molecule has 1 N–H and O–H groups in total. The van der Waals surface area contributed by atoms with Gasteiger partial charge in [0.1, 0.15) is 11.8 Å². The van der Waals surface area contributed by atoms with Gasteiger partial charge in [0.25, 0.3) is 0 Å². The molecule has 0 saturated carbocycles. The Hall–Kier alpha value is -2.08. The Balaban J connectivity index is 1.75. The molecule has 0 bridgehead atoms. The summed E-state index contributed by atoms with van der Waals surface area (Å²) in [4.78, 5) is 25.1. The van der Waals surface area contributed by atoms with Crippen LogP contribution in [0, 0.1) is 13.8 Å². The standard InChI is InChI=1S/C19H27NO5/c1-13-7-8-14(2)17(10-13)25-9-5-4-6-18(21)20-12-15(24-3)11-16(20)19(22)23/h7-8,10,15-16H,4-6,9,11-12H2,1-3H3,(H,22,23). The van der Waals surface area contributed by atoms with Crippen molar-refractivity contribution in [2.45, 2.75) is 51.7 Å². The number of ether oxygens (including phenoxy) is 2. The maximum atomic E-state index is 12.3. The minimum atomic E-state index is -0.967. The maximum absolute atomic E-state index is 12.3. The largest absolute Gasteiger partial charge is 0.493 e. The van der Waals surface area contributed by atoms with Crippen molar-refractivity contribution in [3.05, 3.63) is 29.3 Å². The van der Waals surface area contributed by atoms with Gasteiger partial charge in [0.15, 0.2) is 0 Å². The zero-order valence-corrected chi connectivity index (χ0v) is 15.2. The Kier molecular flexibility index (Phi) is 6.82. The van der Waals surface area contributed by atoms with E-state index in [1.54, 1.807) is 7.11 Å². The number of methoxy groups -OCH3 is 1. The van der Waals surface area contributed by atoms with Gasteiger partial charge in [-0.15, -0.1) is 0 Å². The van der Waals surface area contributed by atoms with Crippen molar-refractivity contribution in [1.82, 2.24) is 4.90 Å². The van der Waals surface area contributed by atoms with Gasteiger partial charge in [-0.25, -0.2) is 4.79 Å². The number of unbranched alkanes of at least 4 members (excludes halogenated alkanes) is 1. The highest BCUT2D eigenvalue weighted by Crippen LogP contribution is 2.22. The first-order valence-corrected chi connectivity index (χ1v) is 8.67. The summed E-state index contributed by atoms with van der Waals surface area (Å²) in [7, 11) is 1.54. The molecule has 2 atom stereocenters. The zero-order valence-electron chi connectivity index (χ0n) is 15.2. The number of carbonyl (C=O) groups is 2. The predicted octanol–water partition coefficient (Wildman–Crippen LogP) is 2.55. The fourth-order valence-electron chi connectivity index (χ4n) is 3.04. The van der Waals surface area contributed by atoms with Crippen LogP contribution in [0.2, 0.25) is 0 Å². The molecule has 6 heteroatoms. The third kappa shape index (κ3) is 5.19. The number of amides is 1. The summed E-state index contributed by atoms with van der Waals surface area (Å²) in [5.41, 5.74) is 2.24. The van der Waals surface area contributed by atoms with Crippen molar-refractivity contribution in [3.8, 4) is 5.75 Å². The van der Waals surface area contributed by atoms with E-state index in [-0.39, 0.29) is 12.0 Å². The van der Waals surface area contributed by atoms with Crippen LogP contribution in [0.15, 0.2) is 18.2 Å². The highest BCUT2D eigenvalue weighted by Gasteiger charge is 2.39. The summed E-state index contributed by atoms with van der Waals surface area (Å²) in [5, 5.41) is 9.26. The average molecular weight is 349 g/mol. The molecule has 1 amide bonds. The quantitative estimate of drug-likeness (QED) is 0.730. The van der Waals surface area contributed by atoms with Crippen LogP contribution in [0.5, 0.6) is 5.75 Å². The normalized spacial score (nSPS) is 19.9. The number of benzene rings is 1. The Morgan fingerprint density at radius 2 is 2.04 bits per heavy atom. The molecular weight excluding hydrogens is 322 g/mol. The second-order valence-corrected chi connectivity index (χ2v) is 6.57. The van der Waals surface area contributed by atoms with E-state index in [0.717, 1.165) is 23.3 Å². The van der Waals surface area contributed by atoms with Gasteiger partial charge in [-0.3, -0.25) is 4.79 Å². The van der Waals surface area contributed by atoms with Crippen molar-refractivity contribution in [1.29, 1.82) is 0 Å². The third-order valence-electron chi connectivity index (χ3n) is 4.59. The van der Waals surface area contributed by atoms with Gasteiger partial charge in [0.2, 0.25) is 5.91 Å². The van der Waals surface area contributed by atoms with Gasteiger partial charge in [0.05, 0.1) is 12.7 Å². The summed E-state index contributed by atoms with van der Waals surface area (Å²) in [6.45, 7) is 4.92. The van der Waals surface area contributed by atoms with Crippen molar-refractivity contribution >= 4 is 11.9 Å². The molecule has 1 heterocycles. The molecule has 1 aliphatic rings. The lowest BCUT2D eigenvalue weighted by Gasteiger charge is -2.21. The predicted molar refractivity (Wildman–Crippen MR) is 93.8 cm³/mol. The van der Waals surface area contributed by atoms with Crippen molar-refractivity contribution in [2.24, 2.45) is 0 Å². The molecule has 1 fully saturated rings. The number of hydrogen-bond donors (Lipinski definition) is 1. The monoisotopic (exact) mass is 349 g/mol. The molecule has 0 aliphatic carbocycles. The van der Waals surface area contributed by atoms with E-state index in [0.29, 0.717) is 32.4 Å². The average Bonchev–Trinajstić information content (AvgIpc) is 3.02. The summed E-state index contributed by atoms with van der Waals surface area (Å²) >= 11 is 0. The SMILES string of the molecule is COC1CC(C(=O)O)N(C(=O)CCCCOc2cc(C)ccc2C)C1. The Morgan fingerprint density at radius 1 is 1.28 bits per heavy atom. The number of nitrogens with zero attached hydrogens (tertiary/aromatic N) is 1. The van der Waals surface area contributed by atoms with E-state index in [1.165, 1.54) is 4.90 Å². The van der Waals surface area contributed by atoms with Crippen LogP contribution in [-0.2, 0) is 14.3 Å². The lowest BCUT2D eigenvalue weighted by molar-refractivity contribution is -0.148. The second-order valence-electron chi connectivity index (χ2n) is 6.57. The van der Waals surface area contributed by atoms with Crippen LogP contribution in [0.4, 0.5) is 0 Å². The minimum Gasteiger partial charge on any atom is -0.493 e. The fraction of sp³-hybridized carbons (Fsp3) is 0.579. The van der Waals surface area contributed by atoms with Crippen molar-refractivity contribution < 1.29 is 24.2 Å². The topological polar surface area (TPSA) is 76.1 Å². The first kappa shape index (κ1) is 19.2. The van der Waals surface area contributed by atoms with Crippen LogP contribution in [0.1, 0.15) is 36.8 Å². The second kappa shape index (κ2) is 8.85. The molecule has 2 unspecified atom stereocenters. The van der Waals surface area contributed by atoms with E-state index in [4.69, 9.17) is 9.47 Å². The molecular formula is C19H27NO5. The molecule has 1 aliphatic heterocycles. The highest BCUT2D eigenvalue weighted by molar-refractivity contribution is 5.84. The first-order valence-electron chi connectivity index (χ1n) is 8.67. The van der Waals surface area contributed by atoms with E-state index < -0.39 is 12.0 Å². The maximum Gasteiger partial charge on any atom is 0.326 e. The fourth-order valence-corrected chi connectivity index (χ4v) is 3.04. The van der Waals surface area contributed by atoms with Crippen molar-refractivity contribution in [3.63, 3.8) is 0 Å². The van der Waals surface area contributed by atoms with E-state index in [1.807, 2.05) is 32.0 Å². The number of carboxylic acid groups (broad SMARTS) is 1. The smallest absolute Gasteiger partial charge is 0.326 e. The molecule has 6 nitrogen and oxygen atoms in total. The molecule has 1 saturated heterocycles. The Morgan fingerprint density at radius 3 is 2.72 bits per heavy atom. The van der Waals surface area contributed by atoms with E-state index in [9.17, 15) is 14.7 Å². The first-order chi connectivity index (χ1) is 11.9. The van der Waals surface area contributed by atoms with Gasteiger partial charge in [-0.2, -0.15) is 0 Å². The highest BCUT2D eigenvalue weighted by atomic mass is 16.5. The Bertz CT molecular complexity index is 616. The van der Waals surface area contributed by atoms with Gasteiger partial charge >= 0.3 is 5.97 Å². The van der Waals surface area contributed by atoms with Gasteiger partial charge in [-0.1, -0.05) is 12.1 Å². The van der Waals surface area contributed by atoms with Gasteiger partial charge in [-0.05, 0) is 43.9 Å². The summed E-state index contributed by atoms with van der Waals surface area (Å²) in [6, 6.07) is 5.30. The molecule has 1 aromatic carbocycles. The van der Waals surface area contributed by atoms with Crippen LogP contribution >= 0.6 is 0 Å². The van der Waals surface area contributed by atoms with Gasteiger partial charge in [0, 0.05) is 26.5 Å². The third-order valence-corrected chi connectivity index (χ3v) is 4.59. The molecule has 0 spiro atoms. The van der Waals surface area contributed by atoms with E-state index in [2.05, 4.69) is 0 Å². The summed E-state index contributed by atoms with van der Waals surface area (Å²) in [5.74, 6) is -0.218. The molecule has 0 aromatic heterocycles. The van der Waals surface area contributed by atoms with Crippen LogP contribution in [-0.4, -0.2) is 54.3 Å². The molecule has 1 aromatic rings. The lowest BCUT2D eigenvalue weighted by Crippen LogP contribution is -2.40. The Labute approximate surface area is 148 Å². The lowest BCUT2D eigenvalue weighted by atomic mass is 10.1. The number of hydrogen-bond acceptors (Lipinski definition) is 4. The number of likely N-dealkylation sites (tertiary alicyclic amines) is 1. The number of aliphatic carboxylic acids is 1. The van der Waals surface area contributed by atoms with Crippen molar-refractivity contribution in [2.75, 3.05) is 20.3 Å². The summed E-state index contributed by atoms with van der Waals surface area (Å²) in [6.07, 6.45) is 1.91. The van der Waals surface area contributed by atoms with Crippen LogP contribution < -0.4 is 4.74 Å². The summed E-state index contributed by atoms with van der Waals surface area (Å²) < 4.78 is 11.0. The molecule has 2 rings (SSSR count). The molecule has 0 radical (unpaired) electrons. The molecule has 25 heavy (non-hydrogen) atoms. The zero-order chi connectivity index (χ0) is 18.4.